The summed E-state index contributed by atoms with van der Waals surface area (Å²) in [4.78, 5) is 36.8. The number of carbonyl (C=O) groups excluding carboxylic acids is 3. The molecule has 0 aromatic heterocycles. The van der Waals surface area contributed by atoms with Gasteiger partial charge in [-0.15, -0.1) is 6.58 Å². The van der Waals surface area contributed by atoms with Crippen LogP contribution in [0.5, 0.6) is 11.5 Å². The average molecular weight is 418 g/mol. The van der Waals surface area contributed by atoms with Crippen LogP contribution in [-0.4, -0.2) is 44.3 Å². The van der Waals surface area contributed by atoms with Gasteiger partial charge in [0.05, 0.1) is 19.8 Å². The van der Waals surface area contributed by atoms with Crippen LogP contribution in [-0.2, 0) is 16.0 Å². The number of hydrogen-bond acceptors (Lipinski definition) is 6. The summed E-state index contributed by atoms with van der Waals surface area (Å²) in [6.45, 7) is 5.11. The van der Waals surface area contributed by atoms with Gasteiger partial charge in [-0.1, -0.05) is 25.3 Å². The van der Waals surface area contributed by atoms with Crippen LogP contribution in [0.4, 0.5) is 4.79 Å². The van der Waals surface area contributed by atoms with E-state index in [-0.39, 0.29) is 11.6 Å². The first-order valence-corrected chi connectivity index (χ1v) is 10.1. The van der Waals surface area contributed by atoms with E-state index in [4.69, 9.17) is 14.2 Å². The molecule has 30 heavy (non-hydrogen) atoms. The molecule has 8 nitrogen and oxygen atoms in total. The Morgan fingerprint density at radius 3 is 2.47 bits per heavy atom. The molecule has 2 rings (SSSR count). The molecule has 0 heterocycles. The minimum absolute atomic E-state index is 0.0689. The molecule has 8 heteroatoms. The van der Waals surface area contributed by atoms with Crippen molar-refractivity contribution in [3.05, 3.63) is 35.9 Å². The lowest BCUT2D eigenvalue weighted by Crippen LogP contribution is -2.48. The number of allylic oxidation sites excluding steroid dienone is 1. The summed E-state index contributed by atoms with van der Waals surface area (Å²) < 4.78 is 15.9. The third-order valence-corrected chi connectivity index (χ3v) is 4.99. The number of benzene rings is 1. The summed E-state index contributed by atoms with van der Waals surface area (Å²) in [5.41, 5.74) is 0.901. The fraction of sp³-hybridized carbons (Fsp3) is 0.500. The summed E-state index contributed by atoms with van der Waals surface area (Å²) in [5, 5.41) is 5.02. The average Bonchev–Trinajstić information content (AvgIpc) is 2.73. The lowest BCUT2D eigenvalue weighted by atomic mass is 9.96. The lowest BCUT2D eigenvalue weighted by molar-refractivity contribution is -0.127. The Kier molecular flexibility index (Phi) is 8.70. The lowest BCUT2D eigenvalue weighted by Gasteiger charge is -2.23. The van der Waals surface area contributed by atoms with E-state index in [0.29, 0.717) is 23.5 Å². The molecule has 0 aliphatic heterocycles. The number of ether oxygens (including phenoxy) is 3. The second-order valence-electron chi connectivity index (χ2n) is 7.21. The molecule has 1 aromatic rings. The fourth-order valence-corrected chi connectivity index (χ4v) is 3.43. The molecule has 1 fully saturated rings. The highest BCUT2D eigenvalue weighted by atomic mass is 16.5. The predicted octanol–water partition coefficient (Wildman–Crippen LogP) is 3.14. The van der Waals surface area contributed by atoms with E-state index in [2.05, 4.69) is 17.2 Å². The monoisotopic (exact) mass is 418 g/mol. The Balaban J connectivity index is 2.00. The van der Waals surface area contributed by atoms with Crippen molar-refractivity contribution in [3.8, 4) is 11.5 Å². The number of imide groups is 1. The van der Waals surface area contributed by atoms with Crippen molar-refractivity contribution in [3.63, 3.8) is 0 Å². The third-order valence-electron chi connectivity index (χ3n) is 4.99. The Hall–Kier alpha value is -3.03. The van der Waals surface area contributed by atoms with E-state index in [9.17, 15) is 14.4 Å². The molecule has 0 saturated heterocycles. The predicted molar refractivity (Wildman–Crippen MR) is 112 cm³/mol. The van der Waals surface area contributed by atoms with Gasteiger partial charge in [-0.3, -0.25) is 10.1 Å². The Bertz CT molecular complexity index is 786. The van der Waals surface area contributed by atoms with E-state index in [1.807, 2.05) is 0 Å². The zero-order chi connectivity index (χ0) is 22.1. The number of esters is 1. The van der Waals surface area contributed by atoms with E-state index in [0.717, 1.165) is 32.1 Å². The quantitative estimate of drug-likeness (QED) is 0.497. The second kappa shape index (κ2) is 11.2. The van der Waals surface area contributed by atoms with Gasteiger partial charge < -0.3 is 19.5 Å². The van der Waals surface area contributed by atoms with Gasteiger partial charge in [0.15, 0.2) is 17.6 Å². The number of amides is 3. The van der Waals surface area contributed by atoms with Gasteiger partial charge in [0.2, 0.25) is 0 Å². The molecule has 1 aliphatic rings. The molecule has 164 valence electrons. The maximum absolute atomic E-state index is 12.6. The second-order valence-corrected chi connectivity index (χ2v) is 7.21. The van der Waals surface area contributed by atoms with Crippen LogP contribution in [0.1, 0.15) is 54.9 Å². The molecule has 0 bridgehead atoms. The highest BCUT2D eigenvalue weighted by molar-refractivity contribution is 5.98. The summed E-state index contributed by atoms with van der Waals surface area (Å²) in [5.74, 6) is -0.535. The van der Waals surface area contributed by atoms with Crippen LogP contribution in [0.25, 0.3) is 0 Å². The normalized spacial score (nSPS) is 14.9. The molecule has 0 spiro atoms. The maximum Gasteiger partial charge on any atom is 0.339 e. The molecular weight excluding hydrogens is 388 g/mol. The van der Waals surface area contributed by atoms with Crippen molar-refractivity contribution < 1.29 is 28.6 Å². The minimum Gasteiger partial charge on any atom is -0.493 e. The van der Waals surface area contributed by atoms with Crippen molar-refractivity contribution in [2.24, 2.45) is 0 Å². The molecule has 1 aromatic carbocycles. The Morgan fingerprint density at radius 2 is 1.87 bits per heavy atom. The van der Waals surface area contributed by atoms with Crippen molar-refractivity contribution in [2.45, 2.75) is 57.6 Å². The summed E-state index contributed by atoms with van der Waals surface area (Å²) in [7, 11) is 2.97. The van der Waals surface area contributed by atoms with Crippen molar-refractivity contribution in [1.82, 2.24) is 10.6 Å². The number of methoxy groups -OCH3 is 2. The Morgan fingerprint density at radius 1 is 1.17 bits per heavy atom. The first-order valence-electron chi connectivity index (χ1n) is 10.1. The highest BCUT2D eigenvalue weighted by Crippen LogP contribution is 2.33. The van der Waals surface area contributed by atoms with Gasteiger partial charge in [0.25, 0.3) is 5.91 Å². The number of carbonyl (C=O) groups is 3. The van der Waals surface area contributed by atoms with Gasteiger partial charge in [-0.25, -0.2) is 9.59 Å². The fourth-order valence-electron chi connectivity index (χ4n) is 3.43. The van der Waals surface area contributed by atoms with E-state index in [1.54, 1.807) is 12.1 Å². The molecular formula is C22H30N2O6. The number of urea groups is 1. The van der Waals surface area contributed by atoms with Crippen molar-refractivity contribution in [2.75, 3.05) is 14.2 Å². The molecule has 1 unspecified atom stereocenters. The molecule has 1 saturated carbocycles. The van der Waals surface area contributed by atoms with Crippen LogP contribution >= 0.6 is 0 Å². The first kappa shape index (κ1) is 23.3. The molecule has 2 N–H and O–H groups in total. The van der Waals surface area contributed by atoms with Crippen molar-refractivity contribution >= 4 is 17.9 Å². The molecule has 1 aliphatic carbocycles. The highest BCUT2D eigenvalue weighted by Gasteiger charge is 2.24. The third kappa shape index (κ3) is 6.23. The van der Waals surface area contributed by atoms with Gasteiger partial charge in [0, 0.05) is 11.6 Å². The van der Waals surface area contributed by atoms with Gasteiger partial charge in [-0.2, -0.15) is 0 Å². The topological polar surface area (TPSA) is 103 Å². The van der Waals surface area contributed by atoms with Crippen LogP contribution in [0, 0.1) is 0 Å². The minimum atomic E-state index is -1.15. The van der Waals surface area contributed by atoms with Gasteiger partial charge in [-0.05, 0) is 38.3 Å². The van der Waals surface area contributed by atoms with Crippen LogP contribution in [0.3, 0.4) is 0 Å². The maximum atomic E-state index is 12.6. The zero-order valence-electron chi connectivity index (χ0n) is 17.8. The first-order chi connectivity index (χ1) is 14.4. The molecule has 1 atom stereocenters. The molecule has 0 radical (unpaired) electrons. The van der Waals surface area contributed by atoms with E-state index < -0.39 is 24.0 Å². The smallest absolute Gasteiger partial charge is 0.339 e. The van der Waals surface area contributed by atoms with E-state index >= 15 is 0 Å². The zero-order valence-corrected chi connectivity index (χ0v) is 17.8. The summed E-state index contributed by atoms with van der Waals surface area (Å²) >= 11 is 0. The SMILES string of the molecule is C=CCc1cc(C(=O)OC(C)C(=O)NC(=O)NC2CCCCC2)cc(OC)c1OC. The number of hydrogen-bond donors (Lipinski definition) is 2. The summed E-state index contributed by atoms with van der Waals surface area (Å²) in [6, 6.07) is 2.58. The van der Waals surface area contributed by atoms with E-state index in [1.165, 1.54) is 27.2 Å². The number of rotatable bonds is 8. The largest absolute Gasteiger partial charge is 0.493 e. The van der Waals surface area contributed by atoms with Crippen molar-refractivity contribution in [1.29, 1.82) is 0 Å². The Labute approximate surface area is 176 Å². The van der Waals surface area contributed by atoms with Crippen LogP contribution in [0.15, 0.2) is 24.8 Å². The standard InChI is InChI=1S/C22H30N2O6/c1-5-9-15-12-16(13-18(28-3)19(15)29-4)21(26)30-14(2)20(25)24-22(27)23-17-10-7-6-8-11-17/h5,12-14,17H,1,6-11H2,2-4H3,(H2,23,24,25,27). The van der Waals surface area contributed by atoms with Gasteiger partial charge in [0.1, 0.15) is 0 Å². The van der Waals surface area contributed by atoms with Crippen LogP contribution < -0.4 is 20.1 Å². The number of nitrogens with one attached hydrogen (secondary N) is 2. The summed E-state index contributed by atoms with van der Waals surface area (Å²) in [6.07, 6.45) is 6.07. The van der Waals surface area contributed by atoms with Crippen LogP contribution in [0.2, 0.25) is 0 Å². The van der Waals surface area contributed by atoms with Gasteiger partial charge >= 0.3 is 12.0 Å². The molecule has 3 amide bonds.